The molecule has 1 fully saturated rings. The maximum Gasteiger partial charge on any atom is 0.142 e. The number of ether oxygens (including phenoxy) is 1. The molecule has 1 aromatic rings. The molecule has 0 aliphatic carbocycles. The van der Waals surface area contributed by atoms with Gasteiger partial charge in [0.2, 0.25) is 0 Å². The van der Waals surface area contributed by atoms with E-state index in [2.05, 4.69) is 18.7 Å². The van der Waals surface area contributed by atoms with Crippen LogP contribution in [0.5, 0.6) is 5.75 Å². The number of rotatable bonds is 2. The molecule has 3 nitrogen and oxygen atoms in total. The van der Waals surface area contributed by atoms with Gasteiger partial charge in [0, 0.05) is 23.1 Å². The summed E-state index contributed by atoms with van der Waals surface area (Å²) in [5.41, 5.74) is 7.12. The van der Waals surface area contributed by atoms with Crippen LogP contribution in [0.15, 0.2) is 18.2 Å². The van der Waals surface area contributed by atoms with Crippen LogP contribution in [0.2, 0.25) is 5.02 Å². The van der Waals surface area contributed by atoms with E-state index in [-0.39, 0.29) is 11.6 Å². The predicted molar refractivity (Wildman–Crippen MR) is 72.0 cm³/mol. The number of anilines is 1. The fourth-order valence-corrected chi connectivity index (χ4v) is 2.76. The first-order valence-electron chi connectivity index (χ1n) is 5.81. The van der Waals surface area contributed by atoms with Gasteiger partial charge < -0.3 is 15.4 Å². The Labute approximate surface area is 107 Å². The van der Waals surface area contributed by atoms with Gasteiger partial charge in [-0.15, -0.1) is 0 Å². The van der Waals surface area contributed by atoms with Gasteiger partial charge in [0.05, 0.1) is 12.8 Å². The number of methoxy groups -OCH3 is 1. The van der Waals surface area contributed by atoms with E-state index in [4.69, 9.17) is 22.1 Å². The molecule has 1 atom stereocenters. The lowest BCUT2D eigenvalue weighted by Gasteiger charge is -2.34. The minimum atomic E-state index is 0.0391. The van der Waals surface area contributed by atoms with Crippen LogP contribution in [-0.4, -0.2) is 25.2 Å². The number of hydrogen-bond acceptors (Lipinski definition) is 3. The standard InChI is InChI=1S/C13H19ClN2O/c1-13(2)7-10(15)8-16(13)11-6-9(14)4-5-12(11)17-3/h4-6,10H,7-8,15H2,1-3H3. The van der Waals surface area contributed by atoms with Crippen LogP contribution in [-0.2, 0) is 0 Å². The summed E-state index contributed by atoms with van der Waals surface area (Å²) in [7, 11) is 1.68. The summed E-state index contributed by atoms with van der Waals surface area (Å²) in [6, 6.07) is 5.89. The summed E-state index contributed by atoms with van der Waals surface area (Å²) >= 11 is 6.07. The minimum Gasteiger partial charge on any atom is -0.495 e. The Bertz CT molecular complexity index is 420. The Hall–Kier alpha value is -0.930. The second-order valence-corrected chi connectivity index (χ2v) is 5.64. The second kappa shape index (κ2) is 4.39. The Morgan fingerprint density at radius 1 is 1.47 bits per heavy atom. The highest BCUT2D eigenvalue weighted by Crippen LogP contribution is 2.39. The first-order chi connectivity index (χ1) is 7.94. The second-order valence-electron chi connectivity index (χ2n) is 5.20. The van der Waals surface area contributed by atoms with E-state index >= 15 is 0 Å². The Balaban J connectivity index is 2.42. The fourth-order valence-electron chi connectivity index (χ4n) is 2.60. The van der Waals surface area contributed by atoms with E-state index in [9.17, 15) is 0 Å². The normalized spacial score (nSPS) is 22.9. The maximum atomic E-state index is 6.07. The SMILES string of the molecule is COc1ccc(Cl)cc1N1CC(N)CC1(C)C. The summed E-state index contributed by atoms with van der Waals surface area (Å²) in [5, 5.41) is 0.720. The van der Waals surface area contributed by atoms with Crippen molar-refractivity contribution < 1.29 is 4.74 Å². The molecule has 1 heterocycles. The molecule has 1 aliphatic heterocycles. The molecule has 0 aromatic heterocycles. The van der Waals surface area contributed by atoms with E-state index in [1.165, 1.54) is 0 Å². The average Bonchev–Trinajstić information content (AvgIpc) is 2.51. The molecule has 0 amide bonds. The predicted octanol–water partition coefficient (Wildman–Crippen LogP) is 2.66. The van der Waals surface area contributed by atoms with E-state index in [0.717, 1.165) is 29.4 Å². The zero-order valence-electron chi connectivity index (χ0n) is 10.5. The van der Waals surface area contributed by atoms with E-state index in [0.29, 0.717) is 0 Å². The lowest BCUT2D eigenvalue weighted by Crippen LogP contribution is -2.38. The third kappa shape index (κ3) is 2.35. The molecule has 1 aromatic carbocycles. The van der Waals surface area contributed by atoms with Crippen molar-refractivity contribution in [2.45, 2.75) is 31.8 Å². The van der Waals surface area contributed by atoms with Crippen LogP contribution in [0.3, 0.4) is 0 Å². The minimum absolute atomic E-state index is 0.0391. The van der Waals surface area contributed by atoms with Gasteiger partial charge in [-0.05, 0) is 38.5 Å². The van der Waals surface area contributed by atoms with Crippen LogP contribution in [0, 0.1) is 0 Å². The van der Waals surface area contributed by atoms with Crippen molar-refractivity contribution in [3.8, 4) is 5.75 Å². The first-order valence-corrected chi connectivity index (χ1v) is 6.18. The fraction of sp³-hybridized carbons (Fsp3) is 0.538. The highest BCUT2D eigenvalue weighted by Gasteiger charge is 2.37. The number of nitrogens with zero attached hydrogens (tertiary/aromatic N) is 1. The van der Waals surface area contributed by atoms with Gasteiger partial charge in [-0.3, -0.25) is 0 Å². The zero-order valence-corrected chi connectivity index (χ0v) is 11.3. The molecule has 2 N–H and O–H groups in total. The molecule has 0 radical (unpaired) electrons. The molecule has 4 heteroatoms. The molecule has 1 aliphatic rings. The quantitative estimate of drug-likeness (QED) is 0.882. The average molecular weight is 255 g/mol. The van der Waals surface area contributed by atoms with Crippen molar-refractivity contribution in [3.05, 3.63) is 23.2 Å². The summed E-state index contributed by atoms with van der Waals surface area (Å²) < 4.78 is 5.40. The van der Waals surface area contributed by atoms with Gasteiger partial charge in [-0.2, -0.15) is 0 Å². The third-order valence-electron chi connectivity index (χ3n) is 3.34. The van der Waals surface area contributed by atoms with E-state index < -0.39 is 0 Å². The lowest BCUT2D eigenvalue weighted by atomic mass is 10.00. The van der Waals surface area contributed by atoms with Crippen molar-refractivity contribution in [1.82, 2.24) is 0 Å². The van der Waals surface area contributed by atoms with Crippen molar-refractivity contribution in [3.63, 3.8) is 0 Å². The number of halogens is 1. The van der Waals surface area contributed by atoms with Gasteiger partial charge >= 0.3 is 0 Å². The highest BCUT2D eigenvalue weighted by atomic mass is 35.5. The largest absolute Gasteiger partial charge is 0.495 e. The van der Waals surface area contributed by atoms with Crippen LogP contribution >= 0.6 is 11.6 Å². The maximum absolute atomic E-state index is 6.07. The van der Waals surface area contributed by atoms with Gasteiger partial charge in [0.15, 0.2) is 0 Å². The Morgan fingerprint density at radius 3 is 2.71 bits per heavy atom. The topological polar surface area (TPSA) is 38.5 Å². The zero-order chi connectivity index (χ0) is 12.6. The van der Waals surface area contributed by atoms with Crippen LogP contribution in [0.4, 0.5) is 5.69 Å². The highest BCUT2D eigenvalue weighted by molar-refractivity contribution is 6.30. The molecule has 0 spiro atoms. The smallest absolute Gasteiger partial charge is 0.142 e. The molecule has 0 bridgehead atoms. The molecule has 17 heavy (non-hydrogen) atoms. The van der Waals surface area contributed by atoms with Crippen LogP contribution < -0.4 is 15.4 Å². The van der Waals surface area contributed by atoms with Crippen molar-refractivity contribution in [1.29, 1.82) is 0 Å². The molecular weight excluding hydrogens is 236 g/mol. The van der Waals surface area contributed by atoms with Gasteiger partial charge in [-0.25, -0.2) is 0 Å². The lowest BCUT2D eigenvalue weighted by molar-refractivity contribution is 0.410. The third-order valence-corrected chi connectivity index (χ3v) is 3.58. The Morgan fingerprint density at radius 2 is 2.18 bits per heavy atom. The van der Waals surface area contributed by atoms with Gasteiger partial charge in [-0.1, -0.05) is 11.6 Å². The van der Waals surface area contributed by atoms with Gasteiger partial charge in [0.1, 0.15) is 5.75 Å². The molecule has 1 unspecified atom stereocenters. The van der Waals surface area contributed by atoms with Crippen LogP contribution in [0.25, 0.3) is 0 Å². The van der Waals surface area contributed by atoms with E-state index in [1.54, 1.807) is 7.11 Å². The van der Waals surface area contributed by atoms with Crippen molar-refractivity contribution in [2.24, 2.45) is 5.73 Å². The molecule has 1 saturated heterocycles. The Kier molecular flexibility index (Phi) is 3.23. The summed E-state index contributed by atoms with van der Waals surface area (Å²) in [6.45, 7) is 5.23. The molecular formula is C13H19ClN2O. The molecule has 2 rings (SSSR count). The summed E-state index contributed by atoms with van der Waals surface area (Å²) in [6.07, 6.45) is 0.975. The first kappa shape index (κ1) is 12.5. The number of benzene rings is 1. The monoisotopic (exact) mass is 254 g/mol. The summed E-state index contributed by atoms with van der Waals surface area (Å²) in [4.78, 5) is 2.28. The van der Waals surface area contributed by atoms with Gasteiger partial charge in [0.25, 0.3) is 0 Å². The summed E-state index contributed by atoms with van der Waals surface area (Å²) in [5.74, 6) is 0.844. The molecule has 94 valence electrons. The van der Waals surface area contributed by atoms with Crippen molar-refractivity contribution >= 4 is 17.3 Å². The van der Waals surface area contributed by atoms with Crippen LogP contribution in [0.1, 0.15) is 20.3 Å². The molecule has 0 saturated carbocycles. The number of hydrogen-bond donors (Lipinski definition) is 1. The number of nitrogens with two attached hydrogens (primary N) is 1. The van der Waals surface area contributed by atoms with E-state index in [1.807, 2.05) is 18.2 Å². The van der Waals surface area contributed by atoms with Crippen molar-refractivity contribution in [2.75, 3.05) is 18.6 Å².